The lowest BCUT2D eigenvalue weighted by atomic mass is 9.96. The predicted molar refractivity (Wildman–Crippen MR) is 86.5 cm³/mol. The zero-order valence-corrected chi connectivity index (χ0v) is 12.7. The fourth-order valence-corrected chi connectivity index (χ4v) is 2.84. The number of nitrogens with zero attached hydrogens (tertiary/aromatic N) is 2. The second-order valence-electron chi connectivity index (χ2n) is 5.59. The van der Waals surface area contributed by atoms with Crippen molar-refractivity contribution in [3.8, 4) is 16.9 Å². The molecule has 0 amide bonds. The van der Waals surface area contributed by atoms with E-state index in [1.807, 2.05) is 30.1 Å². The zero-order chi connectivity index (χ0) is 15.0. The second-order valence-corrected chi connectivity index (χ2v) is 5.59. The van der Waals surface area contributed by atoms with E-state index in [-0.39, 0.29) is 0 Å². The molecule has 0 fully saturated rings. The SMILES string of the molecule is CCCc1cc(-c2ccc3c(cnn3C)c2)c(O)cc1C. The summed E-state index contributed by atoms with van der Waals surface area (Å²) in [6.07, 6.45) is 4.00. The Morgan fingerprint density at radius 3 is 2.76 bits per heavy atom. The molecule has 0 atom stereocenters. The molecule has 0 saturated heterocycles. The first kappa shape index (κ1) is 13.7. The molecule has 1 N–H and O–H groups in total. The van der Waals surface area contributed by atoms with Crippen molar-refractivity contribution in [2.24, 2.45) is 7.05 Å². The topological polar surface area (TPSA) is 38.0 Å². The molecule has 0 unspecified atom stereocenters. The molecule has 2 aromatic carbocycles. The summed E-state index contributed by atoms with van der Waals surface area (Å²) < 4.78 is 1.86. The van der Waals surface area contributed by atoms with E-state index in [0.29, 0.717) is 5.75 Å². The lowest BCUT2D eigenvalue weighted by Crippen LogP contribution is -1.91. The molecular weight excluding hydrogens is 260 g/mol. The predicted octanol–water partition coefficient (Wildman–Crippen LogP) is 4.21. The van der Waals surface area contributed by atoms with E-state index in [1.165, 1.54) is 5.56 Å². The Kier molecular flexibility index (Phi) is 3.42. The largest absolute Gasteiger partial charge is 0.507 e. The van der Waals surface area contributed by atoms with Crippen molar-refractivity contribution in [2.45, 2.75) is 26.7 Å². The Morgan fingerprint density at radius 1 is 1.19 bits per heavy atom. The van der Waals surface area contributed by atoms with Crippen LogP contribution in [-0.4, -0.2) is 14.9 Å². The van der Waals surface area contributed by atoms with Crippen LogP contribution < -0.4 is 0 Å². The molecule has 1 heterocycles. The minimum absolute atomic E-state index is 0.343. The van der Waals surface area contributed by atoms with Crippen molar-refractivity contribution in [3.63, 3.8) is 0 Å². The summed E-state index contributed by atoms with van der Waals surface area (Å²) >= 11 is 0. The fourth-order valence-electron chi connectivity index (χ4n) is 2.84. The van der Waals surface area contributed by atoms with Crippen molar-refractivity contribution < 1.29 is 5.11 Å². The second kappa shape index (κ2) is 5.24. The van der Waals surface area contributed by atoms with Gasteiger partial charge in [0.2, 0.25) is 0 Å². The van der Waals surface area contributed by atoms with Crippen LogP contribution in [0.4, 0.5) is 0 Å². The lowest BCUT2D eigenvalue weighted by molar-refractivity contribution is 0.476. The van der Waals surface area contributed by atoms with Gasteiger partial charge in [0.1, 0.15) is 5.75 Å². The van der Waals surface area contributed by atoms with Crippen molar-refractivity contribution in [1.82, 2.24) is 9.78 Å². The van der Waals surface area contributed by atoms with Gasteiger partial charge in [-0.05, 0) is 54.3 Å². The van der Waals surface area contributed by atoms with Crippen molar-refractivity contribution in [3.05, 3.63) is 47.7 Å². The number of rotatable bonds is 3. The van der Waals surface area contributed by atoms with Crippen molar-refractivity contribution >= 4 is 10.9 Å². The number of hydrogen-bond donors (Lipinski definition) is 1. The van der Waals surface area contributed by atoms with Gasteiger partial charge in [0, 0.05) is 18.0 Å². The number of aromatic nitrogens is 2. The van der Waals surface area contributed by atoms with Gasteiger partial charge in [-0.15, -0.1) is 0 Å². The third kappa shape index (κ3) is 2.40. The van der Waals surface area contributed by atoms with E-state index in [4.69, 9.17) is 0 Å². The van der Waals surface area contributed by atoms with Crippen LogP contribution >= 0.6 is 0 Å². The summed E-state index contributed by atoms with van der Waals surface area (Å²) in [7, 11) is 1.94. The van der Waals surface area contributed by atoms with E-state index in [1.54, 1.807) is 0 Å². The monoisotopic (exact) mass is 280 g/mol. The highest BCUT2D eigenvalue weighted by Crippen LogP contribution is 2.34. The molecule has 21 heavy (non-hydrogen) atoms. The highest BCUT2D eigenvalue weighted by atomic mass is 16.3. The van der Waals surface area contributed by atoms with Gasteiger partial charge in [-0.2, -0.15) is 5.10 Å². The number of phenols is 1. The number of fused-ring (bicyclic) bond motifs is 1. The summed E-state index contributed by atoms with van der Waals surface area (Å²) in [5.74, 6) is 0.343. The van der Waals surface area contributed by atoms with Crippen LogP contribution in [0.15, 0.2) is 36.5 Å². The van der Waals surface area contributed by atoms with Gasteiger partial charge in [0.25, 0.3) is 0 Å². The number of aromatic hydroxyl groups is 1. The molecule has 0 spiro atoms. The third-order valence-corrected chi connectivity index (χ3v) is 4.03. The maximum Gasteiger partial charge on any atom is 0.123 e. The molecule has 0 radical (unpaired) electrons. The molecule has 108 valence electrons. The number of benzene rings is 2. The highest BCUT2D eigenvalue weighted by molar-refractivity contribution is 5.86. The minimum Gasteiger partial charge on any atom is -0.507 e. The van der Waals surface area contributed by atoms with E-state index >= 15 is 0 Å². The van der Waals surface area contributed by atoms with E-state index in [2.05, 4.69) is 37.1 Å². The number of phenolic OH excluding ortho intramolecular Hbond substituents is 1. The molecule has 0 aliphatic rings. The average molecular weight is 280 g/mol. The van der Waals surface area contributed by atoms with Crippen molar-refractivity contribution in [2.75, 3.05) is 0 Å². The Bertz CT molecular complexity index is 802. The summed E-state index contributed by atoms with van der Waals surface area (Å²) in [5, 5.41) is 15.7. The molecule has 1 aromatic heterocycles. The standard InChI is InChI=1S/C18H20N2O/c1-4-5-13-10-16(18(21)8-12(13)2)14-6-7-17-15(9-14)11-19-20(17)3/h6-11,21H,4-5H2,1-3H3. The lowest BCUT2D eigenvalue weighted by Gasteiger charge is -2.11. The minimum atomic E-state index is 0.343. The van der Waals surface area contributed by atoms with Gasteiger partial charge in [-0.25, -0.2) is 0 Å². The molecule has 0 aliphatic carbocycles. The Balaban J connectivity index is 2.14. The third-order valence-electron chi connectivity index (χ3n) is 4.03. The van der Waals surface area contributed by atoms with Gasteiger partial charge in [-0.3, -0.25) is 4.68 Å². The van der Waals surface area contributed by atoms with Crippen LogP contribution in [0.25, 0.3) is 22.0 Å². The molecular formula is C18H20N2O. The number of aryl methyl sites for hydroxylation is 3. The van der Waals surface area contributed by atoms with Gasteiger partial charge in [0.05, 0.1) is 11.7 Å². The van der Waals surface area contributed by atoms with E-state index in [0.717, 1.165) is 40.4 Å². The maximum absolute atomic E-state index is 10.3. The Morgan fingerprint density at radius 2 is 2.00 bits per heavy atom. The van der Waals surface area contributed by atoms with Crippen LogP contribution in [0.1, 0.15) is 24.5 Å². The van der Waals surface area contributed by atoms with Gasteiger partial charge in [0.15, 0.2) is 0 Å². The molecule has 3 aromatic rings. The van der Waals surface area contributed by atoms with Crippen LogP contribution in [0, 0.1) is 6.92 Å². The van der Waals surface area contributed by atoms with Gasteiger partial charge >= 0.3 is 0 Å². The smallest absolute Gasteiger partial charge is 0.123 e. The van der Waals surface area contributed by atoms with Crippen LogP contribution in [0.3, 0.4) is 0 Å². The summed E-state index contributed by atoms with van der Waals surface area (Å²) in [4.78, 5) is 0. The van der Waals surface area contributed by atoms with Crippen molar-refractivity contribution in [1.29, 1.82) is 0 Å². The quantitative estimate of drug-likeness (QED) is 0.780. The fraction of sp³-hybridized carbons (Fsp3) is 0.278. The zero-order valence-electron chi connectivity index (χ0n) is 12.7. The first-order valence-corrected chi connectivity index (χ1v) is 7.34. The summed E-state index contributed by atoms with van der Waals surface area (Å²) in [6.45, 7) is 4.23. The van der Waals surface area contributed by atoms with E-state index in [9.17, 15) is 5.11 Å². The van der Waals surface area contributed by atoms with Gasteiger partial charge < -0.3 is 5.11 Å². The van der Waals surface area contributed by atoms with Crippen LogP contribution in [0.2, 0.25) is 0 Å². The molecule has 0 aliphatic heterocycles. The Hall–Kier alpha value is -2.29. The Labute approximate surface area is 124 Å². The summed E-state index contributed by atoms with van der Waals surface area (Å²) in [5.41, 5.74) is 5.48. The molecule has 3 rings (SSSR count). The first-order valence-electron chi connectivity index (χ1n) is 7.34. The molecule has 0 bridgehead atoms. The van der Waals surface area contributed by atoms with E-state index < -0.39 is 0 Å². The molecule has 3 nitrogen and oxygen atoms in total. The normalized spacial score (nSPS) is 11.2. The number of hydrogen-bond acceptors (Lipinski definition) is 2. The molecule has 3 heteroatoms. The molecule has 0 saturated carbocycles. The van der Waals surface area contributed by atoms with Crippen LogP contribution in [0.5, 0.6) is 5.75 Å². The average Bonchev–Trinajstić information content (AvgIpc) is 2.83. The highest BCUT2D eigenvalue weighted by Gasteiger charge is 2.10. The maximum atomic E-state index is 10.3. The van der Waals surface area contributed by atoms with Gasteiger partial charge in [-0.1, -0.05) is 19.4 Å². The summed E-state index contributed by atoms with van der Waals surface area (Å²) in [6, 6.07) is 10.2. The first-order chi connectivity index (χ1) is 10.1. The van der Waals surface area contributed by atoms with Crippen LogP contribution in [-0.2, 0) is 13.5 Å².